The smallest absolute Gasteiger partial charge is 0.123 e. The topological polar surface area (TPSA) is 26.3 Å². The van der Waals surface area contributed by atoms with Crippen molar-refractivity contribution < 1.29 is 9.53 Å². The number of carbonyl (C=O) groups is 1. The van der Waals surface area contributed by atoms with Crippen molar-refractivity contribution in [3.05, 3.63) is 29.8 Å². The number of rotatable bonds is 4. The van der Waals surface area contributed by atoms with Crippen LogP contribution < -0.4 is 4.74 Å². The summed E-state index contributed by atoms with van der Waals surface area (Å²) in [6.45, 7) is 1.91. The lowest BCUT2D eigenvalue weighted by Gasteiger charge is -2.04. The Hall–Kier alpha value is -1.31. The molecule has 0 bridgehead atoms. The van der Waals surface area contributed by atoms with Crippen LogP contribution in [-0.4, -0.2) is 13.4 Å². The van der Waals surface area contributed by atoms with E-state index in [2.05, 4.69) is 0 Å². The highest BCUT2D eigenvalue weighted by Gasteiger charge is 2.01. The lowest BCUT2D eigenvalue weighted by molar-refractivity contribution is -0.110. The fourth-order valence-corrected chi connectivity index (χ4v) is 1.18. The Morgan fingerprint density at radius 1 is 1.38 bits per heavy atom. The van der Waals surface area contributed by atoms with Gasteiger partial charge in [-0.1, -0.05) is 19.1 Å². The third-order valence-electron chi connectivity index (χ3n) is 1.95. The summed E-state index contributed by atoms with van der Waals surface area (Å²) in [6, 6.07) is 7.79. The van der Waals surface area contributed by atoms with E-state index in [1.165, 1.54) is 5.56 Å². The maximum absolute atomic E-state index is 10.4. The van der Waals surface area contributed by atoms with Crippen molar-refractivity contribution >= 4 is 6.29 Å². The summed E-state index contributed by atoms with van der Waals surface area (Å²) >= 11 is 0. The van der Waals surface area contributed by atoms with E-state index in [9.17, 15) is 4.79 Å². The summed E-state index contributed by atoms with van der Waals surface area (Å²) < 4.78 is 5.03. The Balaban J connectivity index is 2.63. The highest BCUT2D eigenvalue weighted by molar-refractivity contribution is 5.53. The second-order valence-corrected chi connectivity index (χ2v) is 3.17. The maximum atomic E-state index is 10.4. The van der Waals surface area contributed by atoms with E-state index in [1.54, 1.807) is 7.11 Å². The number of ether oxygens (including phenoxy) is 1. The molecule has 70 valence electrons. The fraction of sp³-hybridized carbons (Fsp3) is 0.364. The molecule has 2 heteroatoms. The van der Waals surface area contributed by atoms with Crippen LogP contribution in [0.5, 0.6) is 5.75 Å². The van der Waals surface area contributed by atoms with Gasteiger partial charge in [0.05, 0.1) is 7.11 Å². The summed E-state index contributed by atoms with van der Waals surface area (Å²) in [4.78, 5) is 10.4. The molecule has 0 radical (unpaired) electrons. The molecule has 1 aromatic rings. The molecule has 2 nitrogen and oxygen atoms in total. The van der Waals surface area contributed by atoms with Gasteiger partial charge in [-0.2, -0.15) is 0 Å². The zero-order chi connectivity index (χ0) is 9.68. The third-order valence-corrected chi connectivity index (χ3v) is 1.95. The van der Waals surface area contributed by atoms with E-state index < -0.39 is 0 Å². The Bertz CT molecular complexity index is 264. The van der Waals surface area contributed by atoms with Crippen LogP contribution in [0.4, 0.5) is 0 Å². The van der Waals surface area contributed by atoms with Crippen LogP contribution in [0.2, 0.25) is 0 Å². The quantitative estimate of drug-likeness (QED) is 0.660. The SMILES string of the molecule is COc1ccc(C[C@@H](C)C=O)cc1. The molecule has 1 aromatic carbocycles. The second-order valence-electron chi connectivity index (χ2n) is 3.17. The van der Waals surface area contributed by atoms with Gasteiger partial charge in [0.25, 0.3) is 0 Å². The number of aldehydes is 1. The van der Waals surface area contributed by atoms with Gasteiger partial charge in [0.1, 0.15) is 12.0 Å². The number of hydrogen-bond donors (Lipinski definition) is 0. The van der Waals surface area contributed by atoms with Crippen molar-refractivity contribution in [1.82, 2.24) is 0 Å². The largest absolute Gasteiger partial charge is 0.497 e. The van der Waals surface area contributed by atoms with E-state index in [-0.39, 0.29) is 5.92 Å². The van der Waals surface area contributed by atoms with Crippen molar-refractivity contribution in [2.75, 3.05) is 7.11 Å². The van der Waals surface area contributed by atoms with Gasteiger partial charge < -0.3 is 9.53 Å². The minimum Gasteiger partial charge on any atom is -0.497 e. The van der Waals surface area contributed by atoms with Crippen molar-refractivity contribution in [2.45, 2.75) is 13.3 Å². The van der Waals surface area contributed by atoms with E-state index in [1.807, 2.05) is 31.2 Å². The minimum atomic E-state index is 0.0911. The number of hydrogen-bond acceptors (Lipinski definition) is 2. The van der Waals surface area contributed by atoms with E-state index >= 15 is 0 Å². The normalized spacial score (nSPS) is 12.2. The Morgan fingerprint density at radius 3 is 2.46 bits per heavy atom. The predicted octanol–water partition coefficient (Wildman–Crippen LogP) is 2.07. The monoisotopic (exact) mass is 178 g/mol. The third kappa shape index (κ3) is 2.90. The van der Waals surface area contributed by atoms with Crippen LogP contribution in [-0.2, 0) is 11.2 Å². The molecular formula is C11H14O2. The van der Waals surface area contributed by atoms with E-state index in [4.69, 9.17) is 4.74 Å². The Kier molecular flexibility index (Phi) is 3.50. The van der Waals surface area contributed by atoms with Gasteiger partial charge in [-0.3, -0.25) is 0 Å². The predicted molar refractivity (Wildman–Crippen MR) is 51.9 cm³/mol. The highest BCUT2D eigenvalue weighted by atomic mass is 16.5. The van der Waals surface area contributed by atoms with Crippen molar-refractivity contribution in [1.29, 1.82) is 0 Å². The first kappa shape index (κ1) is 9.78. The number of benzene rings is 1. The fourth-order valence-electron chi connectivity index (χ4n) is 1.18. The molecule has 0 unspecified atom stereocenters. The summed E-state index contributed by atoms with van der Waals surface area (Å²) in [5.41, 5.74) is 1.17. The molecule has 1 atom stereocenters. The first-order chi connectivity index (χ1) is 6.26. The highest BCUT2D eigenvalue weighted by Crippen LogP contribution is 2.13. The average Bonchev–Trinajstić information content (AvgIpc) is 2.19. The van der Waals surface area contributed by atoms with Crippen LogP contribution in [0.3, 0.4) is 0 Å². The standard InChI is InChI=1S/C11H14O2/c1-9(8-12)7-10-3-5-11(13-2)6-4-10/h3-6,8-9H,7H2,1-2H3/t9-/m1/s1. The van der Waals surface area contributed by atoms with E-state index in [0.717, 1.165) is 18.5 Å². The molecular weight excluding hydrogens is 164 g/mol. The molecule has 0 fully saturated rings. The molecule has 0 aromatic heterocycles. The first-order valence-electron chi connectivity index (χ1n) is 4.34. The van der Waals surface area contributed by atoms with Crippen LogP contribution in [0, 0.1) is 5.92 Å². The number of carbonyl (C=O) groups excluding carboxylic acids is 1. The molecule has 0 heterocycles. The van der Waals surface area contributed by atoms with Crippen LogP contribution in [0.15, 0.2) is 24.3 Å². The molecule has 0 saturated carbocycles. The lowest BCUT2D eigenvalue weighted by Crippen LogP contribution is -2.00. The van der Waals surface area contributed by atoms with Gasteiger partial charge >= 0.3 is 0 Å². The second kappa shape index (κ2) is 4.65. The van der Waals surface area contributed by atoms with E-state index in [0.29, 0.717) is 0 Å². The molecule has 13 heavy (non-hydrogen) atoms. The van der Waals surface area contributed by atoms with Crippen molar-refractivity contribution in [3.63, 3.8) is 0 Å². The van der Waals surface area contributed by atoms with Crippen molar-refractivity contribution in [2.24, 2.45) is 5.92 Å². The van der Waals surface area contributed by atoms with Gasteiger partial charge in [0.15, 0.2) is 0 Å². The molecule has 0 aliphatic carbocycles. The van der Waals surface area contributed by atoms with Gasteiger partial charge in [0.2, 0.25) is 0 Å². The van der Waals surface area contributed by atoms with Gasteiger partial charge in [0, 0.05) is 5.92 Å². The molecule has 0 amide bonds. The van der Waals surface area contributed by atoms with Gasteiger partial charge in [-0.05, 0) is 24.1 Å². The molecule has 1 rings (SSSR count). The van der Waals surface area contributed by atoms with Gasteiger partial charge in [-0.15, -0.1) is 0 Å². The lowest BCUT2D eigenvalue weighted by atomic mass is 10.0. The molecule has 0 saturated heterocycles. The molecule has 0 aliphatic heterocycles. The summed E-state index contributed by atoms with van der Waals surface area (Å²) in [5, 5.41) is 0. The maximum Gasteiger partial charge on any atom is 0.123 e. The first-order valence-corrected chi connectivity index (χ1v) is 4.34. The molecule has 0 N–H and O–H groups in total. The molecule has 0 spiro atoms. The average molecular weight is 178 g/mol. The zero-order valence-electron chi connectivity index (χ0n) is 7.99. The summed E-state index contributed by atoms with van der Waals surface area (Å²) in [7, 11) is 1.64. The van der Waals surface area contributed by atoms with Crippen LogP contribution in [0.1, 0.15) is 12.5 Å². The Labute approximate surface area is 78.5 Å². The Morgan fingerprint density at radius 2 is 2.00 bits per heavy atom. The van der Waals surface area contributed by atoms with Crippen LogP contribution in [0.25, 0.3) is 0 Å². The minimum absolute atomic E-state index is 0.0911. The number of methoxy groups -OCH3 is 1. The molecule has 0 aliphatic rings. The van der Waals surface area contributed by atoms with Crippen molar-refractivity contribution in [3.8, 4) is 5.75 Å². The van der Waals surface area contributed by atoms with Crippen LogP contribution >= 0.6 is 0 Å². The summed E-state index contributed by atoms with van der Waals surface area (Å²) in [5.74, 6) is 0.941. The summed E-state index contributed by atoms with van der Waals surface area (Å²) in [6.07, 6.45) is 1.78. The van der Waals surface area contributed by atoms with Gasteiger partial charge in [-0.25, -0.2) is 0 Å². The zero-order valence-corrected chi connectivity index (χ0v) is 7.99.